The van der Waals surface area contributed by atoms with E-state index in [1.807, 2.05) is 24.3 Å². The molecule has 1 aliphatic heterocycles. The van der Waals surface area contributed by atoms with Crippen LogP contribution in [-0.4, -0.2) is 11.7 Å². The molecular formula is C16H10N2O2. The second kappa shape index (κ2) is 4.63. The topological polar surface area (TPSA) is 61.2 Å². The molecule has 1 aliphatic rings. The van der Waals surface area contributed by atoms with Crippen molar-refractivity contribution in [3.05, 3.63) is 65.2 Å². The minimum atomic E-state index is -0.576. The van der Waals surface area contributed by atoms with Gasteiger partial charge in [0.2, 0.25) is 0 Å². The van der Waals surface area contributed by atoms with E-state index in [0.717, 1.165) is 11.3 Å². The first-order valence-corrected chi connectivity index (χ1v) is 6.15. The van der Waals surface area contributed by atoms with Crippen molar-refractivity contribution >= 4 is 17.4 Å². The van der Waals surface area contributed by atoms with Crippen LogP contribution in [0.15, 0.2) is 48.5 Å². The fourth-order valence-electron chi connectivity index (χ4n) is 2.32. The third-order valence-electron chi connectivity index (χ3n) is 3.36. The molecule has 0 radical (unpaired) electrons. The number of ketones is 1. The number of hydrogen-bond acceptors (Lipinski definition) is 3. The van der Waals surface area contributed by atoms with Crippen molar-refractivity contribution in [2.45, 2.75) is 6.54 Å². The second-order valence-electron chi connectivity index (χ2n) is 4.54. The van der Waals surface area contributed by atoms with Crippen molar-refractivity contribution in [2.75, 3.05) is 4.90 Å². The molecule has 3 rings (SSSR count). The Bertz CT molecular complexity index is 742. The van der Waals surface area contributed by atoms with E-state index in [1.165, 1.54) is 0 Å². The van der Waals surface area contributed by atoms with Gasteiger partial charge in [-0.15, -0.1) is 0 Å². The molecule has 0 aliphatic carbocycles. The van der Waals surface area contributed by atoms with Crippen LogP contribution >= 0.6 is 0 Å². The molecule has 0 saturated heterocycles. The van der Waals surface area contributed by atoms with Gasteiger partial charge < -0.3 is 4.90 Å². The summed E-state index contributed by atoms with van der Waals surface area (Å²) in [6.07, 6.45) is 0. The molecule has 0 atom stereocenters. The quantitative estimate of drug-likeness (QED) is 0.617. The highest BCUT2D eigenvalue weighted by atomic mass is 16.2. The van der Waals surface area contributed by atoms with Gasteiger partial charge in [0, 0.05) is 16.8 Å². The molecule has 20 heavy (non-hydrogen) atoms. The zero-order chi connectivity index (χ0) is 14.1. The van der Waals surface area contributed by atoms with Crippen molar-refractivity contribution in [2.24, 2.45) is 0 Å². The maximum Gasteiger partial charge on any atom is 0.262 e. The van der Waals surface area contributed by atoms with Gasteiger partial charge in [0.25, 0.3) is 11.7 Å². The third kappa shape index (κ3) is 1.86. The van der Waals surface area contributed by atoms with Gasteiger partial charge in [-0.3, -0.25) is 9.59 Å². The Hall–Kier alpha value is -2.93. The van der Waals surface area contributed by atoms with Gasteiger partial charge in [-0.2, -0.15) is 5.26 Å². The molecule has 0 spiro atoms. The van der Waals surface area contributed by atoms with Crippen molar-refractivity contribution in [1.29, 1.82) is 5.26 Å². The molecule has 2 aromatic carbocycles. The number of nitrogens with zero attached hydrogens (tertiary/aromatic N) is 2. The Labute approximate surface area is 115 Å². The Morgan fingerprint density at radius 3 is 2.45 bits per heavy atom. The smallest absolute Gasteiger partial charge is 0.262 e. The normalized spacial score (nSPS) is 12.9. The van der Waals surface area contributed by atoms with Crippen LogP contribution < -0.4 is 4.90 Å². The van der Waals surface area contributed by atoms with Crippen molar-refractivity contribution in [1.82, 2.24) is 0 Å². The number of carbonyl (C=O) groups excluding carboxylic acids is 2. The number of carbonyl (C=O) groups is 2. The molecule has 1 heterocycles. The Balaban J connectivity index is 1.91. The van der Waals surface area contributed by atoms with Gasteiger partial charge in [-0.1, -0.05) is 18.2 Å². The van der Waals surface area contributed by atoms with Crippen LogP contribution in [-0.2, 0) is 6.54 Å². The molecule has 0 N–H and O–H groups in total. The summed E-state index contributed by atoms with van der Waals surface area (Å²) in [5.74, 6) is -0.618. The number of anilines is 1. The molecule has 1 amide bonds. The number of amides is 1. The predicted octanol–water partition coefficient (Wildman–Crippen LogP) is 2.55. The lowest BCUT2D eigenvalue weighted by molar-refractivity contribution is 0.0996. The van der Waals surface area contributed by atoms with Gasteiger partial charge in [0.05, 0.1) is 6.54 Å². The van der Waals surface area contributed by atoms with E-state index in [2.05, 4.69) is 0 Å². The van der Waals surface area contributed by atoms with E-state index in [9.17, 15) is 9.59 Å². The average molecular weight is 262 g/mol. The highest BCUT2D eigenvalue weighted by Gasteiger charge is 2.27. The van der Waals surface area contributed by atoms with E-state index in [4.69, 9.17) is 5.26 Å². The van der Waals surface area contributed by atoms with E-state index in [-0.39, 0.29) is 5.91 Å². The van der Waals surface area contributed by atoms with E-state index in [0.29, 0.717) is 17.7 Å². The molecule has 4 nitrogen and oxygen atoms in total. The first kappa shape index (κ1) is 12.1. The van der Waals surface area contributed by atoms with E-state index in [1.54, 1.807) is 35.2 Å². The lowest BCUT2D eigenvalue weighted by Crippen LogP contribution is -2.22. The number of rotatable bonds is 2. The van der Waals surface area contributed by atoms with Gasteiger partial charge in [0.15, 0.2) is 0 Å². The van der Waals surface area contributed by atoms with Crippen LogP contribution in [0.2, 0.25) is 0 Å². The van der Waals surface area contributed by atoms with Crippen LogP contribution in [0.1, 0.15) is 26.3 Å². The van der Waals surface area contributed by atoms with Gasteiger partial charge in [-0.25, -0.2) is 0 Å². The number of hydrogen-bond donors (Lipinski definition) is 0. The third-order valence-corrected chi connectivity index (χ3v) is 3.36. The SMILES string of the molecule is N#CC(=O)c1ccc(N2Cc3ccccc3C2=O)cc1. The van der Waals surface area contributed by atoms with Crippen LogP contribution in [0.25, 0.3) is 0 Å². The fourth-order valence-corrected chi connectivity index (χ4v) is 2.32. The molecule has 0 bridgehead atoms. The fraction of sp³-hybridized carbons (Fsp3) is 0.0625. The van der Waals surface area contributed by atoms with Crippen LogP contribution in [0.3, 0.4) is 0 Å². The summed E-state index contributed by atoms with van der Waals surface area (Å²) in [5, 5.41) is 8.57. The van der Waals surface area contributed by atoms with Crippen LogP contribution in [0.5, 0.6) is 0 Å². The Kier molecular flexibility index (Phi) is 2.81. The van der Waals surface area contributed by atoms with Gasteiger partial charge in [0.1, 0.15) is 6.07 Å². The number of Topliss-reactive ketones (excluding diaryl/α,β-unsaturated/α-hetero) is 1. The summed E-state index contributed by atoms with van der Waals surface area (Å²) in [5.41, 5.74) is 2.76. The van der Waals surface area contributed by atoms with Crippen molar-refractivity contribution in [3.8, 4) is 6.07 Å². The minimum absolute atomic E-state index is 0.0417. The zero-order valence-corrected chi connectivity index (χ0v) is 10.5. The van der Waals surface area contributed by atoms with Crippen molar-refractivity contribution in [3.63, 3.8) is 0 Å². The molecule has 0 saturated carbocycles. The summed E-state index contributed by atoms with van der Waals surface area (Å²) >= 11 is 0. The number of benzene rings is 2. The minimum Gasteiger partial charge on any atom is -0.304 e. The molecule has 4 heteroatoms. The lowest BCUT2D eigenvalue weighted by atomic mass is 10.1. The first-order chi connectivity index (χ1) is 9.70. The van der Waals surface area contributed by atoms with Gasteiger partial charge in [-0.05, 0) is 35.9 Å². The predicted molar refractivity (Wildman–Crippen MR) is 73.3 cm³/mol. The monoisotopic (exact) mass is 262 g/mol. The summed E-state index contributed by atoms with van der Waals surface area (Å²) < 4.78 is 0. The molecule has 2 aromatic rings. The molecule has 0 aromatic heterocycles. The Morgan fingerprint density at radius 2 is 1.80 bits per heavy atom. The second-order valence-corrected chi connectivity index (χ2v) is 4.54. The number of nitriles is 1. The summed E-state index contributed by atoms with van der Waals surface area (Å²) in [4.78, 5) is 25.2. The maximum absolute atomic E-state index is 12.3. The summed E-state index contributed by atoms with van der Waals surface area (Å²) in [6.45, 7) is 0.528. The van der Waals surface area contributed by atoms with Crippen LogP contribution in [0, 0.1) is 11.3 Å². The summed E-state index contributed by atoms with van der Waals surface area (Å²) in [6, 6.07) is 15.6. The number of fused-ring (bicyclic) bond motifs is 1. The Morgan fingerprint density at radius 1 is 1.10 bits per heavy atom. The molecular weight excluding hydrogens is 252 g/mol. The standard InChI is InChI=1S/C16H10N2O2/c17-9-15(19)11-5-7-13(8-6-11)18-10-12-3-1-2-4-14(12)16(18)20/h1-8H,10H2. The van der Waals surface area contributed by atoms with Crippen LogP contribution in [0.4, 0.5) is 5.69 Å². The highest BCUT2D eigenvalue weighted by molar-refractivity contribution is 6.11. The molecule has 96 valence electrons. The first-order valence-electron chi connectivity index (χ1n) is 6.15. The summed E-state index contributed by atoms with van der Waals surface area (Å²) in [7, 11) is 0. The average Bonchev–Trinajstić information content (AvgIpc) is 2.84. The van der Waals surface area contributed by atoms with E-state index >= 15 is 0 Å². The van der Waals surface area contributed by atoms with E-state index < -0.39 is 5.78 Å². The highest BCUT2D eigenvalue weighted by Crippen LogP contribution is 2.28. The maximum atomic E-state index is 12.3. The largest absolute Gasteiger partial charge is 0.304 e. The molecule has 0 unspecified atom stereocenters. The van der Waals surface area contributed by atoms with Gasteiger partial charge >= 0.3 is 0 Å². The van der Waals surface area contributed by atoms with Crippen molar-refractivity contribution < 1.29 is 9.59 Å². The molecule has 0 fully saturated rings. The zero-order valence-electron chi connectivity index (χ0n) is 10.5. The lowest BCUT2D eigenvalue weighted by Gasteiger charge is -2.15.